The fourth-order valence-corrected chi connectivity index (χ4v) is 7.38. The normalized spacial score (nSPS) is 25.5. The van der Waals surface area contributed by atoms with Gasteiger partial charge in [0.2, 0.25) is 5.91 Å². The van der Waals surface area contributed by atoms with Gasteiger partial charge in [-0.25, -0.2) is 9.78 Å². The van der Waals surface area contributed by atoms with Gasteiger partial charge >= 0.3 is 12.3 Å². The molecule has 0 unspecified atom stereocenters. The maximum absolute atomic E-state index is 13.6. The minimum absolute atomic E-state index is 0.0832. The van der Waals surface area contributed by atoms with Gasteiger partial charge in [0.1, 0.15) is 17.1 Å². The molecule has 0 spiro atoms. The van der Waals surface area contributed by atoms with Crippen molar-refractivity contribution in [1.82, 2.24) is 23.9 Å². The number of carbonyl (C=O) groups excluding carboxylic acids is 2. The van der Waals surface area contributed by atoms with E-state index in [4.69, 9.17) is 21.1 Å². The summed E-state index contributed by atoms with van der Waals surface area (Å²) in [5, 5.41) is 11.8. The molecule has 11 nitrogen and oxygen atoms in total. The first-order valence-corrected chi connectivity index (χ1v) is 17.3. The molecule has 4 heterocycles. The highest BCUT2D eigenvalue weighted by Gasteiger charge is 2.68. The van der Waals surface area contributed by atoms with Gasteiger partial charge in [0.25, 0.3) is 5.56 Å². The van der Waals surface area contributed by atoms with Crippen LogP contribution in [-0.4, -0.2) is 90.7 Å². The molecule has 2 saturated heterocycles. The van der Waals surface area contributed by atoms with Gasteiger partial charge in [-0.3, -0.25) is 23.6 Å². The second-order valence-corrected chi connectivity index (χ2v) is 15.4. The Morgan fingerprint density at radius 3 is 2.38 bits per heavy atom. The van der Waals surface area contributed by atoms with E-state index < -0.39 is 46.3 Å². The van der Waals surface area contributed by atoms with Crippen molar-refractivity contribution in [3.8, 4) is 5.69 Å². The Morgan fingerprint density at radius 2 is 1.80 bits per heavy atom. The van der Waals surface area contributed by atoms with E-state index in [2.05, 4.69) is 4.98 Å². The number of hydrogen-bond donors (Lipinski definition) is 1. The zero-order chi connectivity index (χ0) is 36.4. The molecule has 1 aliphatic carbocycles. The van der Waals surface area contributed by atoms with Crippen molar-refractivity contribution in [3.05, 3.63) is 57.7 Å². The molecule has 2 aromatic heterocycles. The highest BCUT2D eigenvalue weighted by Crippen LogP contribution is 2.61. The number of ether oxygens (including phenoxy) is 2. The number of nitrogens with zero attached hydrogens (tertiary/aromatic N) is 5. The molecular formula is C35H43ClF3N5O6. The fraction of sp³-hybridized carbons (Fsp3) is 0.600. The first-order chi connectivity index (χ1) is 23.3. The number of carbonyl (C=O) groups is 2. The van der Waals surface area contributed by atoms with Crippen LogP contribution in [0.15, 0.2) is 41.5 Å². The Morgan fingerprint density at radius 1 is 1.14 bits per heavy atom. The summed E-state index contributed by atoms with van der Waals surface area (Å²) in [4.78, 5) is 47.3. The Balaban J connectivity index is 1.17. The van der Waals surface area contributed by atoms with Crippen LogP contribution in [0.5, 0.6) is 0 Å². The Labute approximate surface area is 292 Å². The lowest BCUT2D eigenvalue weighted by atomic mass is 9.90. The van der Waals surface area contributed by atoms with E-state index in [1.54, 1.807) is 9.47 Å². The summed E-state index contributed by atoms with van der Waals surface area (Å²) in [6.07, 6.45) is -2.88. The van der Waals surface area contributed by atoms with Crippen molar-refractivity contribution in [2.75, 3.05) is 26.2 Å². The van der Waals surface area contributed by atoms with E-state index in [9.17, 15) is 32.7 Å². The number of piperidine rings is 1. The molecule has 4 atom stereocenters. The SMILES string of the molecule is CC[C@H]1CN(C(=O)OC(C)(C)C)[C@H](c2ccc(-n3c(Cl)cc4c(=O)n(CC5(O)CCN(C(=O)[C@]6(C)C[C@H]6C(F)(F)F)CC5)cnc43)cc2)CO1. The number of likely N-dealkylation sites (tertiary alicyclic amines) is 1. The first kappa shape index (κ1) is 36.2. The van der Waals surface area contributed by atoms with Crippen LogP contribution in [-0.2, 0) is 20.8 Å². The molecule has 272 valence electrons. The quantitative estimate of drug-likeness (QED) is 0.338. The standard InChI is InChI=1S/C35H43ClF3N5O6/c1-6-23-17-43(31(47)50-32(2,3)4)25(18-49-23)21-7-9-22(10-8-21)44-27(36)15-24-28(44)40-20-42(29(24)45)19-34(48)11-13-41(14-12-34)30(46)33(5)16-26(33)35(37,38)39/h7-10,15,20,23,25-26,48H,6,11-14,16-19H2,1-5H3/t23-,25-,26+,33+/m0/s1. The first-order valence-electron chi connectivity index (χ1n) is 16.9. The third-order valence-electron chi connectivity index (χ3n) is 10.2. The third-order valence-corrected chi connectivity index (χ3v) is 10.5. The van der Waals surface area contributed by atoms with Crippen molar-refractivity contribution in [2.24, 2.45) is 11.3 Å². The Hall–Kier alpha value is -3.62. The molecule has 0 radical (unpaired) electrons. The summed E-state index contributed by atoms with van der Waals surface area (Å²) in [6.45, 7) is 9.59. The van der Waals surface area contributed by atoms with Crippen LogP contribution in [0.25, 0.3) is 16.7 Å². The van der Waals surface area contributed by atoms with E-state index >= 15 is 0 Å². The van der Waals surface area contributed by atoms with Crippen molar-refractivity contribution in [3.63, 3.8) is 0 Å². The molecule has 2 amide bonds. The minimum Gasteiger partial charge on any atom is -0.444 e. The summed E-state index contributed by atoms with van der Waals surface area (Å²) in [5.41, 5.74) is -2.11. The van der Waals surface area contributed by atoms with Crippen LogP contribution >= 0.6 is 11.6 Å². The second kappa shape index (κ2) is 12.9. The predicted octanol–water partition coefficient (Wildman–Crippen LogP) is 5.87. The molecule has 1 saturated carbocycles. The smallest absolute Gasteiger partial charge is 0.410 e. The maximum atomic E-state index is 13.6. The summed E-state index contributed by atoms with van der Waals surface area (Å²) >= 11 is 6.65. The van der Waals surface area contributed by atoms with Gasteiger partial charge in [-0.1, -0.05) is 37.6 Å². The molecule has 15 heteroatoms. The van der Waals surface area contributed by atoms with Gasteiger partial charge in [0.15, 0.2) is 5.65 Å². The average molecular weight is 722 g/mol. The minimum atomic E-state index is -4.42. The summed E-state index contributed by atoms with van der Waals surface area (Å²) in [6, 6.07) is 8.53. The highest BCUT2D eigenvalue weighted by atomic mass is 35.5. The van der Waals surface area contributed by atoms with E-state index in [1.165, 1.54) is 28.8 Å². The lowest BCUT2D eigenvalue weighted by Crippen LogP contribution is -2.51. The van der Waals surface area contributed by atoms with Crippen molar-refractivity contribution < 1.29 is 37.3 Å². The molecule has 6 rings (SSSR count). The average Bonchev–Trinajstić information content (AvgIpc) is 3.66. The molecule has 1 aromatic carbocycles. The molecule has 3 aromatic rings. The lowest BCUT2D eigenvalue weighted by molar-refractivity contribution is -0.165. The van der Waals surface area contributed by atoms with Crippen molar-refractivity contribution in [1.29, 1.82) is 0 Å². The zero-order valence-electron chi connectivity index (χ0n) is 28.8. The largest absolute Gasteiger partial charge is 0.444 e. The summed E-state index contributed by atoms with van der Waals surface area (Å²) in [7, 11) is 0. The molecular weight excluding hydrogens is 679 g/mol. The van der Waals surface area contributed by atoms with Gasteiger partial charge in [0.05, 0.1) is 54.2 Å². The van der Waals surface area contributed by atoms with E-state index in [0.29, 0.717) is 24.5 Å². The number of aliphatic hydroxyl groups is 1. The number of benzene rings is 1. The number of hydrogen-bond acceptors (Lipinski definition) is 7. The number of amides is 2. The number of fused-ring (bicyclic) bond motifs is 1. The van der Waals surface area contributed by atoms with Crippen molar-refractivity contribution in [2.45, 2.75) is 96.4 Å². The molecule has 50 heavy (non-hydrogen) atoms. The molecule has 0 bridgehead atoms. The van der Waals surface area contributed by atoms with Crippen LogP contribution in [0, 0.1) is 11.3 Å². The van der Waals surface area contributed by atoms with E-state index in [0.717, 1.165) is 12.0 Å². The molecule has 2 aliphatic heterocycles. The molecule has 3 fully saturated rings. The number of morpholine rings is 1. The van der Waals surface area contributed by atoms with Crippen molar-refractivity contribution >= 4 is 34.6 Å². The molecule has 3 aliphatic rings. The van der Waals surface area contributed by atoms with E-state index in [1.807, 2.05) is 52.0 Å². The third kappa shape index (κ3) is 6.98. The zero-order valence-corrected chi connectivity index (χ0v) is 29.6. The Kier molecular flexibility index (Phi) is 9.30. The van der Waals surface area contributed by atoms with Gasteiger partial charge in [0, 0.05) is 18.8 Å². The van der Waals surface area contributed by atoms with Crippen LogP contribution < -0.4 is 5.56 Å². The predicted molar refractivity (Wildman–Crippen MR) is 179 cm³/mol. The maximum Gasteiger partial charge on any atom is 0.410 e. The lowest BCUT2D eigenvalue weighted by Gasteiger charge is -2.40. The Bertz CT molecular complexity index is 1830. The monoisotopic (exact) mass is 721 g/mol. The molecule has 1 N–H and O–H groups in total. The second-order valence-electron chi connectivity index (χ2n) is 15.1. The topological polar surface area (TPSA) is 119 Å². The number of aromatic nitrogens is 3. The van der Waals surface area contributed by atoms with Crippen LogP contribution in [0.2, 0.25) is 5.15 Å². The highest BCUT2D eigenvalue weighted by molar-refractivity contribution is 6.31. The van der Waals surface area contributed by atoms with Crippen LogP contribution in [0.1, 0.15) is 71.9 Å². The van der Waals surface area contributed by atoms with E-state index in [-0.39, 0.29) is 61.6 Å². The fourth-order valence-electron chi connectivity index (χ4n) is 7.09. The van der Waals surface area contributed by atoms with Gasteiger partial charge in [-0.05, 0) is 70.2 Å². The van der Waals surface area contributed by atoms with Gasteiger partial charge in [-0.2, -0.15) is 13.2 Å². The van der Waals surface area contributed by atoms with Gasteiger partial charge < -0.3 is 19.5 Å². The number of rotatable bonds is 6. The number of alkyl halides is 3. The van der Waals surface area contributed by atoms with Crippen LogP contribution in [0.4, 0.5) is 18.0 Å². The summed E-state index contributed by atoms with van der Waals surface area (Å²) in [5.74, 6) is -2.20. The number of halogens is 4. The van der Waals surface area contributed by atoms with Crippen LogP contribution in [0.3, 0.4) is 0 Å². The van der Waals surface area contributed by atoms with Gasteiger partial charge in [-0.15, -0.1) is 0 Å². The summed E-state index contributed by atoms with van der Waals surface area (Å²) < 4.78 is 54.3.